The molecule has 6 heteroatoms. The molecular weight excluding hydrogens is 232 g/mol. The summed E-state index contributed by atoms with van der Waals surface area (Å²) in [6.45, 7) is 2.68. The van der Waals surface area contributed by atoms with Crippen LogP contribution in [0.15, 0.2) is 6.07 Å². The highest BCUT2D eigenvalue weighted by molar-refractivity contribution is 5.85. The van der Waals surface area contributed by atoms with Crippen molar-refractivity contribution in [1.29, 1.82) is 0 Å². The topological polar surface area (TPSA) is 67.4 Å². The maximum atomic E-state index is 11.8. The van der Waals surface area contributed by atoms with Crippen LogP contribution in [-0.4, -0.2) is 42.6 Å². The highest BCUT2D eigenvalue weighted by atomic mass is 16.5. The Morgan fingerprint density at radius 3 is 3.00 bits per heavy atom. The van der Waals surface area contributed by atoms with E-state index in [1.54, 1.807) is 20.2 Å². The molecule has 0 bridgehead atoms. The van der Waals surface area contributed by atoms with E-state index in [0.717, 1.165) is 25.1 Å². The van der Waals surface area contributed by atoms with Gasteiger partial charge in [-0.3, -0.25) is 4.79 Å². The van der Waals surface area contributed by atoms with Crippen molar-refractivity contribution in [3.63, 3.8) is 0 Å². The fraction of sp³-hybridized carbons (Fsp3) is 0.583. The van der Waals surface area contributed by atoms with Crippen LogP contribution < -0.4 is 15.0 Å². The highest BCUT2D eigenvalue weighted by Crippen LogP contribution is 2.24. The number of hydrogen-bond acceptors (Lipinski definition) is 5. The Morgan fingerprint density at radius 2 is 2.33 bits per heavy atom. The second kappa shape index (κ2) is 5.20. The van der Waals surface area contributed by atoms with Gasteiger partial charge in [-0.2, -0.15) is 4.98 Å². The third-order valence-corrected chi connectivity index (χ3v) is 3.09. The van der Waals surface area contributed by atoms with Gasteiger partial charge in [-0.05, 0) is 19.8 Å². The van der Waals surface area contributed by atoms with Gasteiger partial charge in [-0.15, -0.1) is 0 Å². The quantitative estimate of drug-likeness (QED) is 0.846. The van der Waals surface area contributed by atoms with Crippen molar-refractivity contribution in [2.24, 2.45) is 0 Å². The average molecular weight is 250 g/mol. The molecule has 1 aliphatic rings. The molecule has 1 aromatic heterocycles. The van der Waals surface area contributed by atoms with Crippen molar-refractivity contribution in [2.45, 2.75) is 25.8 Å². The minimum Gasteiger partial charge on any atom is -0.481 e. The Labute approximate surface area is 106 Å². The molecule has 1 aliphatic heterocycles. The predicted octanol–water partition coefficient (Wildman–Crippen LogP) is 0.508. The molecule has 0 aromatic carbocycles. The minimum absolute atomic E-state index is 0.0107. The fourth-order valence-corrected chi connectivity index (χ4v) is 2.20. The molecule has 1 atom stereocenters. The van der Waals surface area contributed by atoms with Gasteiger partial charge in [-0.25, -0.2) is 4.98 Å². The lowest BCUT2D eigenvalue weighted by Gasteiger charge is -2.23. The Kier molecular flexibility index (Phi) is 3.64. The molecule has 0 aliphatic carbocycles. The Hall–Kier alpha value is -1.85. The number of carbonyl (C=O) groups is 1. The molecule has 1 amide bonds. The Morgan fingerprint density at radius 1 is 1.56 bits per heavy atom. The molecule has 98 valence electrons. The van der Waals surface area contributed by atoms with E-state index in [-0.39, 0.29) is 11.9 Å². The van der Waals surface area contributed by atoms with Crippen molar-refractivity contribution >= 4 is 11.9 Å². The molecule has 6 nitrogen and oxygen atoms in total. The van der Waals surface area contributed by atoms with Gasteiger partial charge in [0.25, 0.3) is 0 Å². The van der Waals surface area contributed by atoms with Crippen LogP contribution in [0.3, 0.4) is 0 Å². The van der Waals surface area contributed by atoms with Crippen molar-refractivity contribution in [3.05, 3.63) is 11.8 Å². The summed E-state index contributed by atoms with van der Waals surface area (Å²) in [5.41, 5.74) is 0.833. The molecule has 1 aromatic rings. The Bertz CT molecular complexity index is 450. The number of hydrogen-bond donors (Lipinski definition) is 1. The SMILES string of the molecule is CNC(=O)[C@@H]1CCCN1c1nc(C)cc(OC)n1. The molecule has 1 N–H and O–H groups in total. The van der Waals surface area contributed by atoms with Crippen molar-refractivity contribution in [1.82, 2.24) is 15.3 Å². The lowest BCUT2D eigenvalue weighted by atomic mass is 10.2. The van der Waals surface area contributed by atoms with E-state index in [1.165, 1.54) is 0 Å². The maximum Gasteiger partial charge on any atom is 0.242 e. The second-order valence-corrected chi connectivity index (χ2v) is 4.32. The summed E-state index contributed by atoms with van der Waals surface area (Å²) in [5.74, 6) is 1.11. The molecule has 0 spiro atoms. The largest absolute Gasteiger partial charge is 0.481 e. The summed E-state index contributed by atoms with van der Waals surface area (Å²) < 4.78 is 5.14. The number of ether oxygens (including phenoxy) is 1. The molecule has 1 saturated heterocycles. The molecule has 2 heterocycles. The summed E-state index contributed by atoms with van der Waals surface area (Å²) in [6.07, 6.45) is 1.80. The van der Waals surface area contributed by atoms with Crippen LogP contribution in [-0.2, 0) is 4.79 Å². The first-order valence-electron chi connectivity index (χ1n) is 6.03. The second-order valence-electron chi connectivity index (χ2n) is 4.32. The summed E-state index contributed by atoms with van der Waals surface area (Å²) in [4.78, 5) is 22.4. The zero-order chi connectivity index (χ0) is 13.1. The summed E-state index contributed by atoms with van der Waals surface area (Å²) in [5, 5.41) is 2.68. The number of amides is 1. The normalized spacial score (nSPS) is 18.8. The third kappa shape index (κ3) is 2.37. The van der Waals surface area contributed by atoms with Crippen molar-refractivity contribution < 1.29 is 9.53 Å². The van der Waals surface area contributed by atoms with Crippen LogP contribution in [0.2, 0.25) is 0 Å². The standard InChI is InChI=1S/C12H18N4O2/c1-8-7-10(18-3)15-12(14-8)16-6-4-5-9(16)11(17)13-2/h7,9H,4-6H2,1-3H3,(H,13,17)/t9-/m0/s1. The van der Waals surface area contributed by atoms with Crippen LogP contribution in [0, 0.1) is 6.92 Å². The maximum absolute atomic E-state index is 11.8. The molecule has 18 heavy (non-hydrogen) atoms. The van der Waals surface area contributed by atoms with Gasteiger partial charge < -0.3 is 15.0 Å². The van der Waals surface area contributed by atoms with Gasteiger partial charge in [0.1, 0.15) is 6.04 Å². The zero-order valence-corrected chi connectivity index (χ0v) is 10.9. The first-order valence-corrected chi connectivity index (χ1v) is 6.03. The summed E-state index contributed by atoms with van der Waals surface area (Å²) in [6, 6.07) is 1.59. The van der Waals surface area contributed by atoms with Crippen LogP contribution in [0.25, 0.3) is 0 Å². The van der Waals surface area contributed by atoms with E-state index < -0.39 is 0 Å². The Balaban J connectivity index is 2.29. The monoisotopic (exact) mass is 250 g/mol. The van der Waals surface area contributed by atoms with E-state index in [1.807, 2.05) is 11.8 Å². The number of methoxy groups -OCH3 is 1. The highest BCUT2D eigenvalue weighted by Gasteiger charge is 2.32. The number of rotatable bonds is 3. The number of carbonyl (C=O) groups excluding carboxylic acids is 1. The van der Waals surface area contributed by atoms with Crippen LogP contribution >= 0.6 is 0 Å². The minimum atomic E-state index is -0.179. The number of likely N-dealkylation sites (N-methyl/N-ethyl adjacent to an activating group) is 1. The molecule has 2 rings (SSSR count). The van der Waals surface area contributed by atoms with E-state index >= 15 is 0 Å². The lowest BCUT2D eigenvalue weighted by Crippen LogP contribution is -2.42. The first-order chi connectivity index (χ1) is 8.65. The first kappa shape index (κ1) is 12.6. The smallest absolute Gasteiger partial charge is 0.242 e. The number of aryl methyl sites for hydroxylation is 1. The summed E-state index contributed by atoms with van der Waals surface area (Å²) in [7, 11) is 3.22. The number of nitrogens with one attached hydrogen (secondary N) is 1. The van der Waals surface area contributed by atoms with Gasteiger partial charge in [0.05, 0.1) is 7.11 Å². The predicted molar refractivity (Wildman–Crippen MR) is 67.8 cm³/mol. The van der Waals surface area contributed by atoms with E-state index in [9.17, 15) is 4.79 Å². The number of anilines is 1. The van der Waals surface area contributed by atoms with Crippen molar-refractivity contribution in [2.75, 3.05) is 25.6 Å². The zero-order valence-electron chi connectivity index (χ0n) is 10.9. The van der Waals surface area contributed by atoms with Gasteiger partial charge in [0.2, 0.25) is 17.7 Å². The van der Waals surface area contributed by atoms with E-state index in [4.69, 9.17) is 4.74 Å². The molecule has 0 saturated carbocycles. The van der Waals surface area contributed by atoms with E-state index in [2.05, 4.69) is 15.3 Å². The van der Waals surface area contributed by atoms with Gasteiger partial charge in [-0.1, -0.05) is 0 Å². The van der Waals surface area contributed by atoms with Crippen molar-refractivity contribution in [3.8, 4) is 5.88 Å². The third-order valence-electron chi connectivity index (χ3n) is 3.09. The number of nitrogens with zero attached hydrogens (tertiary/aromatic N) is 3. The van der Waals surface area contributed by atoms with E-state index in [0.29, 0.717) is 11.8 Å². The van der Waals surface area contributed by atoms with Gasteiger partial charge in [0, 0.05) is 25.4 Å². The van der Waals surface area contributed by atoms with Crippen LogP contribution in [0.5, 0.6) is 5.88 Å². The summed E-state index contributed by atoms with van der Waals surface area (Å²) >= 11 is 0. The molecule has 0 unspecified atom stereocenters. The van der Waals surface area contributed by atoms with Gasteiger partial charge in [0.15, 0.2) is 0 Å². The number of aromatic nitrogens is 2. The fourth-order valence-electron chi connectivity index (χ4n) is 2.20. The lowest BCUT2D eigenvalue weighted by molar-refractivity contribution is -0.121. The molecular formula is C12H18N4O2. The van der Waals surface area contributed by atoms with Crippen LogP contribution in [0.1, 0.15) is 18.5 Å². The average Bonchev–Trinajstić information content (AvgIpc) is 2.86. The molecule has 1 fully saturated rings. The van der Waals surface area contributed by atoms with Gasteiger partial charge >= 0.3 is 0 Å². The van der Waals surface area contributed by atoms with Crippen LogP contribution in [0.4, 0.5) is 5.95 Å². The molecule has 0 radical (unpaired) electrons.